The average molecular weight is 339 g/mol. The van der Waals surface area contributed by atoms with Gasteiger partial charge >= 0.3 is 0 Å². The zero-order valence-electron chi connectivity index (χ0n) is 14.7. The molecule has 0 radical (unpaired) electrons. The van der Waals surface area contributed by atoms with Crippen LogP contribution in [0.15, 0.2) is 54.6 Å². The minimum absolute atomic E-state index is 0.145. The highest BCUT2D eigenvalue weighted by Crippen LogP contribution is 2.18. The van der Waals surface area contributed by atoms with Crippen LogP contribution in [0, 0.1) is 5.92 Å². The molecule has 2 amide bonds. The molecule has 1 atom stereocenters. The predicted molar refractivity (Wildman–Crippen MR) is 100 cm³/mol. The van der Waals surface area contributed by atoms with Gasteiger partial charge in [-0.3, -0.25) is 9.59 Å². The Morgan fingerprint density at radius 2 is 1.64 bits per heavy atom. The van der Waals surface area contributed by atoms with Crippen molar-refractivity contribution >= 4 is 17.5 Å². The highest BCUT2D eigenvalue weighted by atomic mass is 16.2. The lowest BCUT2D eigenvalue weighted by Crippen LogP contribution is -2.29. The molecule has 0 saturated heterocycles. The maximum Gasteiger partial charge on any atom is 0.253 e. The summed E-state index contributed by atoms with van der Waals surface area (Å²) in [5.41, 5.74) is 7.93. The van der Waals surface area contributed by atoms with Crippen molar-refractivity contribution in [2.45, 2.75) is 26.3 Å². The predicted octanol–water partition coefficient (Wildman–Crippen LogP) is 3.10. The number of nitrogens with one attached hydrogen (secondary N) is 2. The van der Waals surface area contributed by atoms with Crippen molar-refractivity contribution in [2.24, 2.45) is 11.7 Å². The van der Waals surface area contributed by atoms with Crippen molar-refractivity contribution in [3.05, 3.63) is 65.7 Å². The molecule has 0 aliphatic heterocycles. The molecule has 0 heterocycles. The molecule has 2 aromatic rings. The highest BCUT2D eigenvalue weighted by molar-refractivity contribution is 6.03. The van der Waals surface area contributed by atoms with Crippen LogP contribution in [0.1, 0.15) is 42.2 Å². The molecule has 0 fully saturated rings. The van der Waals surface area contributed by atoms with Gasteiger partial charge in [0, 0.05) is 19.0 Å². The third kappa shape index (κ3) is 5.72. The summed E-state index contributed by atoms with van der Waals surface area (Å²) in [7, 11) is 0. The lowest BCUT2D eigenvalue weighted by Gasteiger charge is -2.15. The minimum Gasteiger partial charge on any atom is -0.352 e. The van der Waals surface area contributed by atoms with Gasteiger partial charge in [0.05, 0.1) is 11.3 Å². The molecule has 0 saturated carbocycles. The third-order valence-electron chi connectivity index (χ3n) is 3.75. The molecular weight excluding hydrogens is 314 g/mol. The summed E-state index contributed by atoms with van der Waals surface area (Å²) in [5.74, 6) is -0.0630. The molecular formula is C20H25N3O2. The first-order chi connectivity index (χ1) is 12.0. The smallest absolute Gasteiger partial charge is 0.253 e. The van der Waals surface area contributed by atoms with Gasteiger partial charge in [-0.15, -0.1) is 0 Å². The topological polar surface area (TPSA) is 84.2 Å². The molecule has 1 unspecified atom stereocenters. The summed E-state index contributed by atoms with van der Waals surface area (Å²) < 4.78 is 0. The number of benzene rings is 2. The Labute approximate surface area is 148 Å². The molecule has 132 valence electrons. The fraction of sp³-hybridized carbons (Fsp3) is 0.300. The van der Waals surface area contributed by atoms with E-state index in [0.717, 1.165) is 5.56 Å². The summed E-state index contributed by atoms with van der Waals surface area (Å²) in [5, 5.41) is 5.66. The lowest BCUT2D eigenvalue weighted by atomic mass is 10.0. The van der Waals surface area contributed by atoms with Crippen LogP contribution in [0.4, 0.5) is 5.69 Å². The van der Waals surface area contributed by atoms with Crippen molar-refractivity contribution in [2.75, 3.05) is 11.9 Å². The molecule has 4 N–H and O–H groups in total. The van der Waals surface area contributed by atoms with Gasteiger partial charge in [-0.05, 0) is 23.6 Å². The van der Waals surface area contributed by atoms with E-state index in [1.807, 2.05) is 44.2 Å². The van der Waals surface area contributed by atoms with Crippen molar-refractivity contribution < 1.29 is 9.59 Å². The monoisotopic (exact) mass is 339 g/mol. The summed E-state index contributed by atoms with van der Waals surface area (Å²) in [6, 6.07) is 16.1. The zero-order chi connectivity index (χ0) is 18.2. The van der Waals surface area contributed by atoms with Crippen LogP contribution in [0.5, 0.6) is 0 Å². The molecule has 25 heavy (non-hydrogen) atoms. The van der Waals surface area contributed by atoms with E-state index in [2.05, 4.69) is 10.6 Å². The van der Waals surface area contributed by atoms with E-state index in [9.17, 15) is 9.59 Å². The maximum atomic E-state index is 12.3. The Morgan fingerprint density at radius 1 is 1.00 bits per heavy atom. The molecule has 5 heteroatoms. The molecule has 0 aliphatic rings. The Bertz CT molecular complexity index is 714. The van der Waals surface area contributed by atoms with Crippen molar-refractivity contribution in [1.82, 2.24) is 5.32 Å². The highest BCUT2D eigenvalue weighted by Gasteiger charge is 2.15. The average Bonchev–Trinajstić information content (AvgIpc) is 2.60. The number of anilines is 1. The first kappa shape index (κ1) is 18.7. The molecule has 2 rings (SSSR count). The van der Waals surface area contributed by atoms with E-state index >= 15 is 0 Å². The van der Waals surface area contributed by atoms with Gasteiger partial charge in [-0.2, -0.15) is 0 Å². The van der Waals surface area contributed by atoms with Crippen molar-refractivity contribution in [3.8, 4) is 0 Å². The number of amides is 2. The molecule has 0 bridgehead atoms. The second-order valence-corrected chi connectivity index (χ2v) is 6.42. The van der Waals surface area contributed by atoms with E-state index in [0.29, 0.717) is 23.7 Å². The fourth-order valence-electron chi connectivity index (χ4n) is 2.40. The quantitative estimate of drug-likeness (QED) is 0.725. The second kappa shape index (κ2) is 8.99. The lowest BCUT2D eigenvalue weighted by molar-refractivity contribution is -0.116. The van der Waals surface area contributed by atoms with Crippen LogP contribution >= 0.6 is 0 Å². The Kier molecular flexibility index (Phi) is 6.71. The number of hydrogen-bond donors (Lipinski definition) is 3. The van der Waals surface area contributed by atoms with Crippen molar-refractivity contribution in [1.29, 1.82) is 0 Å². The van der Waals surface area contributed by atoms with Crippen LogP contribution in [0.2, 0.25) is 0 Å². The fourth-order valence-corrected chi connectivity index (χ4v) is 2.40. The number of para-hydroxylation sites is 1. The van der Waals surface area contributed by atoms with Crippen LogP contribution < -0.4 is 16.4 Å². The van der Waals surface area contributed by atoms with Crippen LogP contribution in [0.25, 0.3) is 0 Å². The number of hydrogen-bond acceptors (Lipinski definition) is 3. The Morgan fingerprint density at radius 3 is 2.32 bits per heavy atom. The normalized spacial score (nSPS) is 11.8. The standard InChI is InChI=1S/C20H25N3O2/c1-14(2)13-22-20(25)16-10-6-7-11-18(16)23-19(24)12-17(21)15-8-4-3-5-9-15/h3-11,14,17H,12-13,21H2,1-2H3,(H,22,25)(H,23,24). The number of rotatable bonds is 7. The van der Waals surface area contributed by atoms with Crippen LogP contribution in [0.3, 0.4) is 0 Å². The molecule has 0 spiro atoms. The summed E-state index contributed by atoms with van der Waals surface area (Å²) in [6.07, 6.45) is 0.145. The molecule has 0 aromatic heterocycles. The van der Waals surface area contributed by atoms with Gasteiger partial charge in [-0.25, -0.2) is 0 Å². The molecule has 5 nitrogen and oxygen atoms in total. The molecule has 0 aliphatic carbocycles. The Hall–Kier alpha value is -2.66. The summed E-state index contributed by atoms with van der Waals surface area (Å²) in [6.45, 7) is 4.64. The molecule has 2 aromatic carbocycles. The van der Waals surface area contributed by atoms with Gasteiger partial charge in [0.2, 0.25) is 5.91 Å². The van der Waals surface area contributed by atoms with Crippen LogP contribution in [-0.4, -0.2) is 18.4 Å². The van der Waals surface area contributed by atoms with Gasteiger partial charge in [-0.1, -0.05) is 56.3 Å². The first-order valence-electron chi connectivity index (χ1n) is 8.45. The van der Waals surface area contributed by atoms with E-state index in [1.165, 1.54) is 0 Å². The first-order valence-corrected chi connectivity index (χ1v) is 8.45. The van der Waals surface area contributed by atoms with E-state index in [1.54, 1.807) is 24.3 Å². The maximum absolute atomic E-state index is 12.3. The van der Waals surface area contributed by atoms with Gasteiger partial charge in [0.15, 0.2) is 0 Å². The van der Waals surface area contributed by atoms with E-state index in [4.69, 9.17) is 5.73 Å². The third-order valence-corrected chi connectivity index (χ3v) is 3.75. The van der Waals surface area contributed by atoms with Gasteiger partial charge < -0.3 is 16.4 Å². The largest absolute Gasteiger partial charge is 0.352 e. The van der Waals surface area contributed by atoms with E-state index < -0.39 is 0 Å². The van der Waals surface area contributed by atoms with Gasteiger partial charge in [0.1, 0.15) is 0 Å². The number of nitrogens with two attached hydrogens (primary N) is 1. The number of carbonyl (C=O) groups is 2. The van der Waals surface area contributed by atoms with Crippen molar-refractivity contribution in [3.63, 3.8) is 0 Å². The van der Waals surface area contributed by atoms with Gasteiger partial charge in [0.25, 0.3) is 5.91 Å². The zero-order valence-corrected chi connectivity index (χ0v) is 14.7. The Balaban J connectivity index is 2.02. The van der Waals surface area contributed by atoms with E-state index in [-0.39, 0.29) is 24.3 Å². The SMILES string of the molecule is CC(C)CNC(=O)c1ccccc1NC(=O)CC(N)c1ccccc1. The minimum atomic E-state index is -0.386. The number of carbonyl (C=O) groups excluding carboxylic acids is 2. The second-order valence-electron chi connectivity index (χ2n) is 6.42. The summed E-state index contributed by atoms with van der Waals surface area (Å²) >= 11 is 0. The van der Waals surface area contributed by atoms with Crippen LogP contribution in [-0.2, 0) is 4.79 Å². The summed E-state index contributed by atoms with van der Waals surface area (Å²) in [4.78, 5) is 24.6.